The number of hydrogen-bond donors (Lipinski definition) is 1. The average Bonchev–Trinajstić information content (AvgIpc) is 3.47. The van der Waals surface area contributed by atoms with Gasteiger partial charge in [0.1, 0.15) is 11.4 Å². The van der Waals surface area contributed by atoms with Crippen LogP contribution < -0.4 is 10.2 Å². The van der Waals surface area contributed by atoms with Gasteiger partial charge in [-0.1, -0.05) is 6.07 Å². The molecule has 1 spiro atoms. The van der Waals surface area contributed by atoms with Gasteiger partial charge >= 0.3 is 0 Å². The van der Waals surface area contributed by atoms with Crippen molar-refractivity contribution in [3.05, 3.63) is 63.5 Å². The van der Waals surface area contributed by atoms with E-state index in [4.69, 9.17) is 0 Å². The van der Waals surface area contributed by atoms with Crippen molar-refractivity contribution in [1.29, 1.82) is 0 Å². The van der Waals surface area contributed by atoms with E-state index < -0.39 is 45.8 Å². The fourth-order valence-electron chi connectivity index (χ4n) is 6.46. The fraction of sp³-hybridized carbons (Fsp3) is 0.348. The highest BCUT2D eigenvalue weighted by molar-refractivity contribution is 6.26. The summed E-state index contributed by atoms with van der Waals surface area (Å²) in [5.41, 5.74) is -0.550. The Morgan fingerprint density at radius 2 is 1.97 bits per heavy atom. The summed E-state index contributed by atoms with van der Waals surface area (Å²) < 4.78 is 14.3. The average molecular weight is 450 g/mol. The molecule has 0 radical (unpaired) electrons. The molecule has 10 heteroatoms. The third kappa shape index (κ3) is 2.26. The number of amides is 3. The van der Waals surface area contributed by atoms with Crippen LogP contribution in [0.2, 0.25) is 0 Å². The van der Waals surface area contributed by atoms with Gasteiger partial charge in [0.15, 0.2) is 0 Å². The van der Waals surface area contributed by atoms with Gasteiger partial charge in [-0.3, -0.25) is 29.4 Å². The summed E-state index contributed by atoms with van der Waals surface area (Å²) in [5.74, 6) is -3.88. The number of anilines is 2. The molecule has 0 aromatic heterocycles. The van der Waals surface area contributed by atoms with Gasteiger partial charge < -0.3 is 5.32 Å². The smallest absolute Gasteiger partial charge is 0.274 e. The lowest BCUT2D eigenvalue weighted by atomic mass is 9.75. The van der Waals surface area contributed by atoms with Crippen LogP contribution in [0.3, 0.4) is 0 Å². The molecule has 4 heterocycles. The maximum absolute atomic E-state index is 14.3. The maximum atomic E-state index is 14.3. The summed E-state index contributed by atoms with van der Waals surface area (Å²) in [6.45, 7) is 2.00. The van der Waals surface area contributed by atoms with E-state index in [1.165, 1.54) is 43.3 Å². The van der Waals surface area contributed by atoms with Crippen molar-refractivity contribution >= 4 is 34.8 Å². The number of carbonyl (C=O) groups excluding carboxylic acids is 3. The van der Waals surface area contributed by atoms with Crippen LogP contribution in [0, 0.1) is 34.7 Å². The molecule has 2 aromatic rings. The van der Waals surface area contributed by atoms with E-state index in [9.17, 15) is 28.9 Å². The molecule has 2 aromatic carbocycles. The van der Waals surface area contributed by atoms with Gasteiger partial charge in [-0.25, -0.2) is 9.29 Å². The van der Waals surface area contributed by atoms with Crippen molar-refractivity contribution in [2.24, 2.45) is 11.8 Å². The molecule has 3 fully saturated rings. The Bertz CT molecular complexity index is 1300. The van der Waals surface area contributed by atoms with Crippen LogP contribution >= 0.6 is 0 Å². The van der Waals surface area contributed by atoms with Gasteiger partial charge in [-0.05, 0) is 50.6 Å². The third-order valence-corrected chi connectivity index (χ3v) is 7.67. The number of fused-ring (bicyclic) bond motifs is 7. The summed E-state index contributed by atoms with van der Waals surface area (Å²) in [4.78, 5) is 54.9. The number of nitro groups is 1. The first-order valence-corrected chi connectivity index (χ1v) is 10.8. The topological polar surface area (TPSA) is 113 Å². The second-order valence-corrected chi connectivity index (χ2v) is 9.01. The number of nitrogens with one attached hydrogen (secondary N) is 1. The van der Waals surface area contributed by atoms with E-state index in [2.05, 4.69) is 5.32 Å². The zero-order chi connectivity index (χ0) is 23.2. The highest BCUT2D eigenvalue weighted by Crippen LogP contribution is 2.60. The summed E-state index contributed by atoms with van der Waals surface area (Å²) in [6, 6.07) is 7.88. The number of halogens is 1. The lowest BCUT2D eigenvalue weighted by Gasteiger charge is -2.36. The number of carbonyl (C=O) groups is 3. The molecule has 3 amide bonds. The molecular formula is C23H19FN4O5. The number of nitrogens with zero attached hydrogens (tertiary/aromatic N) is 3. The zero-order valence-electron chi connectivity index (χ0n) is 17.6. The second kappa shape index (κ2) is 6.44. The molecule has 33 heavy (non-hydrogen) atoms. The van der Waals surface area contributed by atoms with Gasteiger partial charge in [-0.15, -0.1) is 0 Å². The Kier molecular flexibility index (Phi) is 3.90. The number of benzene rings is 2. The molecule has 9 nitrogen and oxygen atoms in total. The SMILES string of the molecule is Cc1c(N2C(=O)[C@@H]3[C@H]4CCCN4[C@@]4(C(=O)Nc5ccc(F)cc54)[C@@H]3C2=O)cccc1[N+](=O)[O-]. The number of imide groups is 1. The molecule has 6 rings (SSSR count). The Balaban J connectivity index is 1.56. The number of rotatable bonds is 2. The van der Waals surface area contributed by atoms with Crippen LogP contribution in [0.15, 0.2) is 36.4 Å². The summed E-state index contributed by atoms with van der Waals surface area (Å²) in [6.07, 6.45) is 1.37. The molecule has 4 atom stereocenters. The zero-order valence-corrected chi connectivity index (χ0v) is 17.6. The molecule has 1 N–H and O–H groups in total. The minimum atomic E-state index is -1.49. The van der Waals surface area contributed by atoms with Gasteiger partial charge in [0.2, 0.25) is 17.7 Å². The first-order chi connectivity index (χ1) is 15.8. The highest BCUT2D eigenvalue weighted by atomic mass is 19.1. The van der Waals surface area contributed by atoms with Crippen molar-refractivity contribution in [2.75, 3.05) is 16.8 Å². The molecule has 4 aliphatic heterocycles. The third-order valence-electron chi connectivity index (χ3n) is 7.67. The predicted molar refractivity (Wildman–Crippen MR) is 114 cm³/mol. The van der Waals surface area contributed by atoms with Crippen molar-refractivity contribution < 1.29 is 23.7 Å². The van der Waals surface area contributed by atoms with Crippen molar-refractivity contribution in [3.8, 4) is 0 Å². The predicted octanol–water partition coefficient (Wildman–Crippen LogP) is 2.47. The minimum absolute atomic E-state index is 0.145. The fourth-order valence-corrected chi connectivity index (χ4v) is 6.46. The summed E-state index contributed by atoms with van der Waals surface area (Å²) in [7, 11) is 0. The Morgan fingerprint density at radius 1 is 1.18 bits per heavy atom. The molecule has 0 saturated carbocycles. The monoisotopic (exact) mass is 450 g/mol. The summed E-state index contributed by atoms with van der Waals surface area (Å²) >= 11 is 0. The lowest BCUT2D eigenvalue weighted by molar-refractivity contribution is -0.385. The molecule has 4 aliphatic rings. The van der Waals surface area contributed by atoms with E-state index in [0.29, 0.717) is 24.2 Å². The first-order valence-electron chi connectivity index (χ1n) is 10.8. The normalized spacial score (nSPS) is 30.1. The molecule has 3 saturated heterocycles. The standard InChI is InChI=1S/C23H19FN4O5/c1-11-15(4-2-5-16(11)28(32)33)27-20(29)18-17-6-3-9-26(17)23(19(18)21(27)30)13-10-12(24)7-8-14(13)25-22(23)31/h2,4-5,7-8,10,17-19H,3,6,9H2,1H3,(H,25,31)/t17-,18-,19+,23-/m1/s1. The first kappa shape index (κ1) is 20.0. The second-order valence-electron chi connectivity index (χ2n) is 9.01. The van der Waals surface area contributed by atoms with Gasteiger partial charge in [0.05, 0.1) is 28.0 Å². The Hall–Kier alpha value is -3.66. The Labute approximate surface area is 187 Å². The van der Waals surface area contributed by atoms with E-state index in [-0.39, 0.29) is 23.0 Å². The number of nitro benzene ring substituents is 1. The van der Waals surface area contributed by atoms with Gasteiger partial charge in [0, 0.05) is 23.4 Å². The molecule has 0 aliphatic carbocycles. The highest BCUT2D eigenvalue weighted by Gasteiger charge is 2.74. The number of hydrogen-bond acceptors (Lipinski definition) is 6. The van der Waals surface area contributed by atoms with Crippen LogP contribution in [0.4, 0.5) is 21.5 Å². The van der Waals surface area contributed by atoms with E-state index in [1.807, 2.05) is 4.90 Å². The van der Waals surface area contributed by atoms with Crippen LogP contribution in [-0.4, -0.2) is 40.1 Å². The van der Waals surface area contributed by atoms with Crippen molar-refractivity contribution in [1.82, 2.24) is 4.90 Å². The largest absolute Gasteiger partial charge is 0.324 e. The minimum Gasteiger partial charge on any atom is -0.324 e. The Morgan fingerprint density at radius 3 is 2.73 bits per heavy atom. The van der Waals surface area contributed by atoms with Crippen LogP contribution in [-0.2, 0) is 19.9 Å². The van der Waals surface area contributed by atoms with Gasteiger partial charge in [-0.2, -0.15) is 0 Å². The van der Waals surface area contributed by atoms with Crippen LogP contribution in [0.1, 0.15) is 24.0 Å². The maximum Gasteiger partial charge on any atom is 0.274 e. The van der Waals surface area contributed by atoms with Crippen LogP contribution in [0.25, 0.3) is 0 Å². The van der Waals surface area contributed by atoms with Crippen LogP contribution in [0.5, 0.6) is 0 Å². The summed E-state index contributed by atoms with van der Waals surface area (Å²) in [5, 5.41) is 14.2. The van der Waals surface area contributed by atoms with Gasteiger partial charge in [0.25, 0.3) is 5.69 Å². The lowest BCUT2D eigenvalue weighted by Crippen LogP contribution is -2.54. The van der Waals surface area contributed by atoms with E-state index in [0.717, 1.165) is 11.3 Å². The quantitative estimate of drug-likeness (QED) is 0.427. The van der Waals surface area contributed by atoms with E-state index in [1.54, 1.807) is 0 Å². The molecule has 0 bridgehead atoms. The van der Waals surface area contributed by atoms with Crippen molar-refractivity contribution in [2.45, 2.75) is 31.3 Å². The van der Waals surface area contributed by atoms with E-state index >= 15 is 0 Å². The molecule has 168 valence electrons. The molecule has 0 unspecified atom stereocenters. The molecular weight excluding hydrogens is 431 g/mol. The van der Waals surface area contributed by atoms with Crippen molar-refractivity contribution in [3.63, 3.8) is 0 Å².